The number of hydrogen-bond donors (Lipinski definition) is 1. The van der Waals surface area contributed by atoms with Crippen molar-refractivity contribution >= 4 is 33.4 Å². The molecule has 0 unspecified atom stereocenters. The summed E-state index contributed by atoms with van der Waals surface area (Å²) in [7, 11) is 3.08. The number of rotatable bonds is 6. The number of methoxy groups -OCH3 is 2. The summed E-state index contributed by atoms with van der Waals surface area (Å²) in [4.78, 5) is 26.9. The first-order valence-corrected chi connectivity index (χ1v) is 9.44. The molecule has 1 amide bonds. The summed E-state index contributed by atoms with van der Waals surface area (Å²) in [6.45, 7) is 0.518. The van der Waals surface area contributed by atoms with Crippen LogP contribution in [0.15, 0.2) is 58.6 Å². The van der Waals surface area contributed by atoms with Gasteiger partial charge in [-0.3, -0.25) is 9.59 Å². The molecule has 7 heteroatoms. The van der Waals surface area contributed by atoms with Crippen LogP contribution >= 0.6 is 15.9 Å². The minimum Gasteiger partial charge on any atom is -0.507 e. The average molecular weight is 446 g/mol. The number of ketones is 1. The number of likely N-dealkylation sites (tertiary alicyclic amines) is 1. The number of halogens is 1. The molecule has 1 aliphatic rings. The third-order valence-electron chi connectivity index (χ3n) is 4.63. The standard InChI is InChI=1S/C21H20BrNO5/c1-27-12-11-23-18(13-3-7-15(22)8-4-13)17(20(25)21(23)26)19(24)14-5-9-16(28-2)10-6-14/h3-10,18,24H,11-12H2,1-2H3/b19-17+/t18-/m1/s1. The minimum atomic E-state index is -0.711. The molecule has 0 bridgehead atoms. The number of benzene rings is 2. The number of carbonyl (C=O) groups excluding carboxylic acids is 2. The van der Waals surface area contributed by atoms with Crippen LogP contribution in [0.4, 0.5) is 0 Å². The summed E-state index contributed by atoms with van der Waals surface area (Å²) < 4.78 is 11.1. The van der Waals surface area contributed by atoms with E-state index in [1.54, 1.807) is 31.4 Å². The van der Waals surface area contributed by atoms with Crippen LogP contribution in [0.25, 0.3) is 5.76 Å². The summed E-state index contributed by atoms with van der Waals surface area (Å²) in [5, 5.41) is 10.9. The van der Waals surface area contributed by atoms with Crippen LogP contribution in [-0.2, 0) is 14.3 Å². The average Bonchev–Trinajstić information content (AvgIpc) is 2.97. The number of amides is 1. The fourth-order valence-corrected chi connectivity index (χ4v) is 3.46. The highest BCUT2D eigenvalue weighted by atomic mass is 79.9. The van der Waals surface area contributed by atoms with Crippen molar-refractivity contribution in [3.63, 3.8) is 0 Å². The molecule has 0 aromatic heterocycles. The molecule has 0 aliphatic carbocycles. The van der Waals surface area contributed by atoms with Crippen LogP contribution in [0.3, 0.4) is 0 Å². The Labute approximate surface area is 171 Å². The largest absolute Gasteiger partial charge is 0.507 e. The lowest BCUT2D eigenvalue weighted by Gasteiger charge is -2.25. The summed E-state index contributed by atoms with van der Waals surface area (Å²) in [5.74, 6) is -0.951. The Bertz CT molecular complexity index is 905. The van der Waals surface area contributed by atoms with E-state index in [0.717, 1.165) is 10.0 Å². The van der Waals surface area contributed by atoms with E-state index in [0.29, 0.717) is 11.3 Å². The maximum absolute atomic E-state index is 12.8. The Morgan fingerprint density at radius 3 is 2.29 bits per heavy atom. The van der Waals surface area contributed by atoms with Gasteiger partial charge in [-0.05, 0) is 42.0 Å². The molecule has 1 heterocycles. The molecule has 1 aliphatic heterocycles. The second-order valence-corrected chi connectivity index (χ2v) is 7.18. The molecule has 146 valence electrons. The fourth-order valence-electron chi connectivity index (χ4n) is 3.20. The molecule has 1 saturated heterocycles. The van der Waals surface area contributed by atoms with Gasteiger partial charge in [0.15, 0.2) is 0 Å². The van der Waals surface area contributed by atoms with Crippen molar-refractivity contribution in [2.75, 3.05) is 27.4 Å². The van der Waals surface area contributed by atoms with Gasteiger partial charge in [-0.25, -0.2) is 0 Å². The third kappa shape index (κ3) is 3.81. The van der Waals surface area contributed by atoms with Crippen molar-refractivity contribution in [2.24, 2.45) is 0 Å². The highest BCUT2D eigenvalue weighted by molar-refractivity contribution is 9.10. The van der Waals surface area contributed by atoms with E-state index in [2.05, 4.69) is 15.9 Å². The molecule has 1 atom stereocenters. The predicted octanol–water partition coefficient (Wildman–Crippen LogP) is 3.53. The van der Waals surface area contributed by atoms with Gasteiger partial charge in [-0.1, -0.05) is 28.1 Å². The van der Waals surface area contributed by atoms with Gasteiger partial charge < -0.3 is 19.5 Å². The van der Waals surface area contributed by atoms with Crippen molar-refractivity contribution < 1.29 is 24.2 Å². The highest BCUT2D eigenvalue weighted by Gasteiger charge is 2.45. The zero-order valence-electron chi connectivity index (χ0n) is 15.5. The molecule has 0 saturated carbocycles. The lowest BCUT2D eigenvalue weighted by Crippen LogP contribution is -2.32. The molecule has 6 nitrogen and oxygen atoms in total. The fraction of sp³-hybridized carbons (Fsp3) is 0.238. The monoisotopic (exact) mass is 445 g/mol. The van der Waals surface area contributed by atoms with Gasteiger partial charge in [-0.15, -0.1) is 0 Å². The van der Waals surface area contributed by atoms with Gasteiger partial charge in [0, 0.05) is 23.7 Å². The van der Waals surface area contributed by atoms with Crippen molar-refractivity contribution in [3.8, 4) is 5.75 Å². The van der Waals surface area contributed by atoms with Gasteiger partial charge in [0.1, 0.15) is 11.5 Å². The number of nitrogens with zero attached hydrogens (tertiary/aromatic N) is 1. The Kier molecular flexibility index (Phi) is 6.16. The summed E-state index contributed by atoms with van der Waals surface area (Å²) in [6.07, 6.45) is 0. The molecular formula is C21H20BrNO5. The maximum atomic E-state index is 12.8. The van der Waals surface area contributed by atoms with Crippen LogP contribution in [0, 0.1) is 0 Å². The molecule has 0 spiro atoms. The SMILES string of the molecule is COCCN1C(=O)C(=O)/C(=C(/O)c2ccc(OC)cc2)[C@H]1c1ccc(Br)cc1. The van der Waals surface area contributed by atoms with Crippen LogP contribution in [-0.4, -0.2) is 49.1 Å². The highest BCUT2D eigenvalue weighted by Crippen LogP contribution is 2.39. The maximum Gasteiger partial charge on any atom is 0.295 e. The van der Waals surface area contributed by atoms with Gasteiger partial charge in [-0.2, -0.15) is 0 Å². The summed E-state index contributed by atoms with van der Waals surface area (Å²) in [5.41, 5.74) is 1.23. The summed E-state index contributed by atoms with van der Waals surface area (Å²) in [6, 6.07) is 13.3. The van der Waals surface area contributed by atoms with E-state index < -0.39 is 17.7 Å². The van der Waals surface area contributed by atoms with Gasteiger partial charge in [0.25, 0.3) is 11.7 Å². The van der Waals surface area contributed by atoms with E-state index >= 15 is 0 Å². The zero-order chi connectivity index (χ0) is 20.3. The van der Waals surface area contributed by atoms with Crippen LogP contribution in [0.2, 0.25) is 0 Å². The van der Waals surface area contributed by atoms with Crippen LogP contribution in [0.1, 0.15) is 17.2 Å². The topological polar surface area (TPSA) is 76.1 Å². The van der Waals surface area contributed by atoms with E-state index in [1.807, 2.05) is 24.3 Å². The van der Waals surface area contributed by atoms with Crippen molar-refractivity contribution in [1.82, 2.24) is 4.90 Å². The van der Waals surface area contributed by atoms with Crippen molar-refractivity contribution in [2.45, 2.75) is 6.04 Å². The molecule has 1 N–H and O–H groups in total. The normalized spacial score (nSPS) is 18.5. The first-order valence-electron chi connectivity index (χ1n) is 8.65. The smallest absolute Gasteiger partial charge is 0.295 e. The van der Waals surface area contributed by atoms with Crippen LogP contribution in [0.5, 0.6) is 5.75 Å². The Morgan fingerprint density at radius 1 is 1.07 bits per heavy atom. The number of ether oxygens (including phenoxy) is 2. The second kappa shape index (κ2) is 8.58. The Hall–Kier alpha value is -2.64. The molecule has 28 heavy (non-hydrogen) atoms. The first-order chi connectivity index (χ1) is 13.5. The molecule has 2 aromatic carbocycles. The number of aliphatic hydroxyl groups excluding tert-OH is 1. The van der Waals surface area contributed by atoms with E-state index in [9.17, 15) is 14.7 Å². The van der Waals surface area contributed by atoms with E-state index in [-0.39, 0.29) is 24.5 Å². The quantitative estimate of drug-likeness (QED) is 0.418. The molecule has 2 aromatic rings. The lowest BCUT2D eigenvalue weighted by atomic mass is 9.95. The lowest BCUT2D eigenvalue weighted by molar-refractivity contribution is -0.140. The zero-order valence-corrected chi connectivity index (χ0v) is 17.1. The van der Waals surface area contributed by atoms with E-state index in [1.165, 1.54) is 12.0 Å². The molecule has 0 radical (unpaired) electrons. The Balaban J connectivity index is 2.12. The predicted molar refractivity (Wildman–Crippen MR) is 108 cm³/mol. The summed E-state index contributed by atoms with van der Waals surface area (Å²) >= 11 is 3.39. The molecule has 3 rings (SSSR count). The number of carbonyl (C=O) groups is 2. The van der Waals surface area contributed by atoms with Gasteiger partial charge in [0.05, 0.1) is 25.3 Å². The Morgan fingerprint density at radius 2 is 1.71 bits per heavy atom. The third-order valence-corrected chi connectivity index (χ3v) is 5.15. The molecule has 1 fully saturated rings. The van der Waals surface area contributed by atoms with E-state index in [4.69, 9.17) is 9.47 Å². The van der Waals surface area contributed by atoms with Gasteiger partial charge in [0.2, 0.25) is 0 Å². The van der Waals surface area contributed by atoms with Crippen LogP contribution < -0.4 is 4.74 Å². The number of Topliss-reactive ketones (excluding diaryl/α,β-unsaturated/α-hetero) is 1. The first kappa shape index (κ1) is 20.1. The van der Waals surface area contributed by atoms with Crippen molar-refractivity contribution in [3.05, 3.63) is 69.7 Å². The number of hydrogen-bond acceptors (Lipinski definition) is 5. The minimum absolute atomic E-state index is 0.0635. The molecular weight excluding hydrogens is 426 g/mol. The number of aliphatic hydroxyl groups is 1. The van der Waals surface area contributed by atoms with Crippen molar-refractivity contribution in [1.29, 1.82) is 0 Å². The second-order valence-electron chi connectivity index (χ2n) is 6.27. The van der Waals surface area contributed by atoms with Gasteiger partial charge >= 0.3 is 0 Å².